The summed E-state index contributed by atoms with van der Waals surface area (Å²) < 4.78 is 48.4. The lowest BCUT2D eigenvalue weighted by Crippen LogP contribution is -2.51. The number of nitrogens with zero attached hydrogens (tertiary/aromatic N) is 6. The van der Waals surface area contributed by atoms with E-state index >= 15 is 0 Å². The van der Waals surface area contributed by atoms with E-state index in [4.69, 9.17) is 4.52 Å². The molecular weight excluding hydrogens is 577 g/mol. The molecule has 1 aliphatic heterocycles. The smallest absolute Gasteiger partial charge is 0.465 e. The fraction of sp³-hybridized carbons (Fsp3) is 0.419. The lowest BCUT2D eigenvalue weighted by molar-refractivity contribution is -0.274. The second-order valence-electron chi connectivity index (χ2n) is 12.0. The van der Waals surface area contributed by atoms with Gasteiger partial charge in [0.2, 0.25) is 5.82 Å². The topological polar surface area (TPSA) is 110 Å². The van der Waals surface area contributed by atoms with Crippen LogP contribution in [-0.4, -0.2) is 68.1 Å². The molecule has 1 unspecified atom stereocenters. The first-order chi connectivity index (χ1) is 20.8. The van der Waals surface area contributed by atoms with Crippen LogP contribution in [0.1, 0.15) is 44.9 Å². The van der Waals surface area contributed by atoms with Crippen molar-refractivity contribution in [2.75, 3.05) is 24.5 Å². The molecule has 1 atom stereocenters. The highest BCUT2D eigenvalue weighted by Crippen LogP contribution is 2.31. The van der Waals surface area contributed by atoms with Crippen LogP contribution < -0.4 is 9.64 Å². The fourth-order valence-corrected chi connectivity index (χ4v) is 5.44. The molecular formula is C31H35F3N6O4. The number of hydrogen-bond acceptors (Lipinski definition) is 7. The Bertz CT molecular complexity index is 1570. The molecule has 0 saturated carbocycles. The average Bonchev–Trinajstić information content (AvgIpc) is 3.71. The van der Waals surface area contributed by atoms with Crippen LogP contribution in [0.5, 0.6) is 5.75 Å². The first-order valence-electron chi connectivity index (χ1n) is 14.3. The zero-order valence-corrected chi connectivity index (χ0v) is 25.0. The second-order valence-corrected chi connectivity index (χ2v) is 12.0. The Morgan fingerprint density at radius 1 is 1.07 bits per heavy atom. The highest BCUT2D eigenvalue weighted by atomic mass is 19.4. The van der Waals surface area contributed by atoms with Crippen LogP contribution in [0.15, 0.2) is 59.1 Å². The number of benzene rings is 2. The van der Waals surface area contributed by atoms with E-state index in [1.807, 2.05) is 31.2 Å². The number of aromatic nitrogens is 4. The Kier molecular flexibility index (Phi) is 8.69. The minimum absolute atomic E-state index is 0.0807. The summed E-state index contributed by atoms with van der Waals surface area (Å²) in [5.41, 5.74) is 3.20. The summed E-state index contributed by atoms with van der Waals surface area (Å²) in [4.78, 5) is 20.5. The molecule has 5 rings (SSSR count). The van der Waals surface area contributed by atoms with E-state index in [0.29, 0.717) is 30.0 Å². The Balaban J connectivity index is 1.27. The molecule has 0 spiro atoms. The number of hydrogen-bond donors (Lipinski definition) is 1. The summed E-state index contributed by atoms with van der Waals surface area (Å²) in [6.07, 6.45) is -3.49. The van der Waals surface area contributed by atoms with Crippen molar-refractivity contribution >= 4 is 11.8 Å². The molecule has 3 heterocycles. The van der Waals surface area contributed by atoms with Gasteiger partial charge >= 0.3 is 12.5 Å². The molecule has 44 heavy (non-hydrogen) atoms. The summed E-state index contributed by atoms with van der Waals surface area (Å²) in [7, 11) is 0. The lowest BCUT2D eigenvalue weighted by Gasteiger charge is -2.40. The van der Waals surface area contributed by atoms with Crippen LogP contribution in [0.25, 0.3) is 23.0 Å². The van der Waals surface area contributed by atoms with Gasteiger partial charge in [-0.25, -0.2) is 4.79 Å². The maximum absolute atomic E-state index is 12.4. The maximum Gasteiger partial charge on any atom is 0.573 e. The Labute approximate surface area is 253 Å². The number of halogens is 3. The summed E-state index contributed by atoms with van der Waals surface area (Å²) in [5.74, 6) is 0.0123. The number of carbonyl (C=O) groups is 1. The van der Waals surface area contributed by atoms with Crippen molar-refractivity contribution in [2.24, 2.45) is 5.41 Å². The molecule has 1 amide bonds. The van der Waals surface area contributed by atoms with Gasteiger partial charge in [0.15, 0.2) is 5.69 Å². The van der Waals surface area contributed by atoms with Crippen molar-refractivity contribution in [1.82, 2.24) is 24.8 Å². The SMILES string of the molecule is Cc1cc(-c2nc(-c3ccc(OC(F)(F)F)cc3)no2)nn1Cc1ccc(N(CC(N2CCCC2)C(C)(C)C)C(=O)O)cc1. The third-order valence-corrected chi connectivity index (χ3v) is 7.72. The minimum Gasteiger partial charge on any atom is -0.465 e. The molecule has 234 valence electrons. The number of rotatable bonds is 9. The summed E-state index contributed by atoms with van der Waals surface area (Å²) in [6.45, 7) is 11.1. The van der Waals surface area contributed by atoms with Crippen molar-refractivity contribution in [1.29, 1.82) is 0 Å². The molecule has 0 aliphatic carbocycles. The van der Waals surface area contributed by atoms with E-state index in [2.05, 4.69) is 45.6 Å². The van der Waals surface area contributed by atoms with Gasteiger partial charge in [-0.15, -0.1) is 13.2 Å². The molecule has 1 N–H and O–H groups in total. The van der Waals surface area contributed by atoms with Crippen LogP contribution in [0.4, 0.5) is 23.7 Å². The molecule has 1 fully saturated rings. The molecule has 1 aliphatic rings. The van der Waals surface area contributed by atoms with Crippen LogP contribution in [-0.2, 0) is 6.54 Å². The number of carboxylic acid groups (broad SMARTS) is 1. The predicted octanol–water partition coefficient (Wildman–Crippen LogP) is 6.85. The zero-order valence-electron chi connectivity index (χ0n) is 25.0. The van der Waals surface area contributed by atoms with E-state index < -0.39 is 12.5 Å². The molecule has 2 aromatic carbocycles. The second kappa shape index (κ2) is 12.3. The number of ether oxygens (including phenoxy) is 1. The highest BCUT2D eigenvalue weighted by molar-refractivity contribution is 5.86. The summed E-state index contributed by atoms with van der Waals surface area (Å²) in [5, 5.41) is 18.6. The monoisotopic (exact) mass is 612 g/mol. The quantitative estimate of drug-likeness (QED) is 0.219. The average molecular weight is 613 g/mol. The maximum atomic E-state index is 12.4. The van der Waals surface area contributed by atoms with Gasteiger partial charge in [-0.3, -0.25) is 14.5 Å². The summed E-state index contributed by atoms with van der Waals surface area (Å²) in [6, 6.07) is 14.5. The van der Waals surface area contributed by atoms with Gasteiger partial charge in [-0.05, 0) is 86.3 Å². The number of aryl methyl sites for hydroxylation is 1. The molecule has 2 aromatic heterocycles. The standard InChI is InChI=1S/C31H35F3N6O4/c1-20-17-25(28-35-27(37-44-28)22-9-13-24(14-10-22)43-31(32,33)34)36-40(20)18-21-7-11-23(12-8-21)39(29(41)42)19-26(30(2,3)4)38-15-5-6-16-38/h7-14,17,26H,5-6,15-16,18-19H2,1-4H3,(H,41,42). The minimum atomic E-state index is -4.78. The molecule has 10 nitrogen and oxygen atoms in total. The Hall–Kier alpha value is -4.39. The first-order valence-corrected chi connectivity index (χ1v) is 14.3. The largest absolute Gasteiger partial charge is 0.573 e. The van der Waals surface area contributed by atoms with Crippen molar-refractivity contribution in [3.63, 3.8) is 0 Å². The van der Waals surface area contributed by atoms with Gasteiger partial charge in [-0.1, -0.05) is 38.1 Å². The molecule has 13 heteroatoms. The van der Waals surface area contributed by atoms with Crippen LogP contribution in [0.2, 0.25) is 0 Å². The fourth-order valence-electron chi connectivity index (χ4n) is 5.44. The number of amides is 1. The normalized spacial score (nSPS) is 15.0. The van der Waals surface area contributed by atoms with E-state index in [1.54, 1.807) is 10.7 Å². The van der Waals surface area contributed by atoms with Gasteiger partial charge in [0.1, 0.15) is 5.75 Å². The molecule has 0 radical (unpaired) electrons. The van der Waals surface area contributed by atoms with E-state index in [0.717, 1.165) is 37.2 Å². The van der Waals surface area contributed by atoms with Crippen LogP contribution >= 0.6 is 0 Å². The van der Waals surface area contributed by atoms with E-state index in [-0.39, 0.29) is 28.9 Å². The lowest BCUT2D eigenvalue weighted by atomic mass is 9.85. The highest BCUT2D eigenvalue weighted by Gasteiger charge is 2.35. The van der Waals surface area contributed by atoms with E-state index in [9.17, 15) is 23.1 Å². The van der Waals surface area contributed by atoms with Crippen LogP contribution in [0, 0.1) is 12.3 Å². The van der Waals surface area contributed by atoms with Crippen molar-refractivity contribution in [3.8, 4) is 28.7 Å². The molecule has 1 saturated heterocycles. The Morgan fingerprint density at radius 3 is 2.32 bits per heavy atom. The van der Waals surface area contributed by atoms with Crippen molar-refractivity contribution < 1.29 is 32.3 Å². The summed E-state index contributed by atoms with van der Waals surface area (Å²) >= 11 is 0. The van der Waals surface area contributed by atoms with Gasteiger partial charge in [0.05, 0.1) is 6.54 Å². The number of likely N-dealkylation sites (tertiary alicyclic amines) is 1. The Morgan fingerprint density at radius 2 is 1.73 bits per heavy atom. The number of anilines is 1. The van der Waals surface area contributed by atoms with Crippen molar-refractivity contribution in [3.05, 3.63) is 65.9 Å². The zero-order chi connectivity index (χ0) is 31.6. The van der Waals surface area contributed by atoms with E-state index in [1.165, 1.54) is 29.2 Å². The predicted molar refractivity (Wildman–Crippen MR) is 157 cm³/mol. The molecule has 4 aromatic rings. The number of alkyl halides is 3. The molecule has 0 bridgehead atoms. The van der Waals surface area contributed by atoms with Crippen LogP contribution in [0.3, 0.4) is 0 Å². The van der Waals surface area contributed by atoms with Gasteiger partial charge in [0, 0.05) is 29.5 Å². The van der Waals surface area contributed by atoms with Gasteiger partial charge < -0.3 is 14.4 Å². The van der Waals surface area contributed by atoms with Crippen molar-refractivity contribution in [2.45, 2.75) is 59.5 Å². The third kappa shape index (κ3) is 7.39. The van der Waals surface area contributed by atoms with Gasteiger partial charge in [0.25, 0.3) is 5.89 Å². The third-order valence-electron chi connectivity index (χ3n) is 7.72. The van der Waals surface area contributed by atoms with Gasteiger partial charge in [-0.2, -0.15) is 10.1 Å². The first kappa shape index (κ1) is 31.0.